The first-order valence-corrected chi connectivity index (χ1v) is 13.1. The topological polar surface area (TPSA) is 135 Å². The molecule has 4 rings (SSSR count). The smallest absolute Gasteiger partial charge is 0.355 e. The van der Waals surface area contributed by atoms with E-state index >= 15 is 0 Å². The number of nitriles is 1. The van der Waals surface area contributed by atoms with Gasteiger partial charge in [-0.2, -0.15) is 5.26 Å². The van der Waals surface area contributed by atoms with E-state index in [0.29, 0.717) is 23.4 Å². The van der Waals surface area contributed by atoms with Crippen molar-refractivity contribution in [3.05, 3.63) is 100 Å². The lowest BCUT2D eigenvalue weighted by Gasteiger charge is -2.36. The number of rotatable bonds is 8. The molecule has 40 heavy (non-hydrogen) atoms. The summed E-state index contributed by atoms with van der Waals surface area (Å²) < 4.78 is 10.1. The van der Waals surface area contributed by atoms with Crippen molar-refractivity contribution in [3.63, 3.8) is 0 Å². The molecule has 0 radical (unpaired) electrons. The minimum Gasteiger partial charge on any atom is -0.466 e. The van der Waals surface area contributed by atoms with Crippen molar-refractivity contribution >= 4 is 23.5 Å². The lowest BCUT2D eigenvalue weighted by atomic mass is 9.81. The SMILES string of the molecule is COC(=O)C1=C(C(=O)OC)N(c2cccc(C(=O)NCCC3=CCCCC3)c2)C(N)=C(C#N)C1c1ccccc1. The van der Waals surface area contributed by atoms with Crippen LogP contribution in [0.25, 0.3) is 0 Å². The van der Waals surface area contributed by atoms with E-state index in [1.807, 2.05) is 0 Å². The molecule has 0 spiro atoms. The van der Waals surface area contributed by atoms with Crippen LogP contribution in [0.5, 0.6) is 0 Å². The van der Waals surface area contributed by atoms with Gasteiger partial charge in [-0.3, -0.25) is 9.69 Å². The summed E-state index contributed by atoms with van der Waals surface area (Å²) in [4.78, 5) is 40.7. The maximum atomic E-state index is 13.2. The fourth-order valence-corrected chi connectivity index (χ4v) is 5.14. The third-order valence-electron chi connectivity index (χ3n) is 7.09. The maximum absolute atomic E-state index is 13.2. The van der Waals surface area contributed by atoms with Crippen LogP contribution in [0.3, 0.4) is 0 Å². The fraction of sp³-hybridized carbons (Fsp3) is 0.290. The third-order valence-corrected chi connectivity index (χ3v) is 7.09. The van der Waals surface area contributed by atoms with E-state index in [1.54, 1.807) is 54.6 Å². The lowest BCUT2D eigenvalue weighted by molar-refractivity contribution is -0.139. The number of amides is 1. The molecule has 2 aromatic rings. The van der Waals surface area contributed by atoms with E-state index in [-0.39, 0.29) is 28.6 Å². The summed E-state index contributed by atoms with van der Waals surface area (Å²) in [6, 6.07) is 17.4. The van der Waals surface area contributed by atoms with Gasteiger partial charge in [0.15, 0.2) is 0 Å². The van der Waals surface area contributed by atoms with Crippen LogP contribution in [0.4, 0.5) is 5.69 Å². The summed E-state index contributed by atoms with van der Waals surface area (Å²) in [6.45, 7) is 0.498. The standard InChI is InChI=1S/C31H32N4O5/c1-39-30(37)26-25(21-12-7-4-8-13-21)24(19-32)28(33)35(27(26)31(38)40-2)23-15-9-14-22(18-23)29(36)34-17-16-20-10-5-3-6-11-20/h4,7-10,12-15,18,25H,3,5-6,11,16-17,33H2,1-2H3,(H,34,36). The predicted octanol–water partition coefficient (Wildman–Crippen LogP) is 4.20. The highest BCUT2D eigenvalue weighted by Gasteiger charge is 2.43. The number of allylic oxidation sites excluding steroid dienone is 2. The first kappa shape index (κ1) is 28.2. The van der Waals surface area contributed by atoms with Gasteiger partial charge in [-0.1, -0.05) is 48.0 Å². The number of nitrogens with one attached hydrogen (secondary N) is 1. The molecule has 1 amide bonds. The Labute approximate surface area is 233 Å². The van der Waals surface area contributed by atoms with Crippen LogP contribution in [-0.2, 0) is 19.1 Å². The Morgan fingerprint density at radius 2 is 1.80 bits per heavy atom. The van der Waals surface area contributed by atoms with Crippen molar-refractivity contribution in [1.29, 1.82) is 5.26 Å². The van der Waals surface area contributed by atoms with Gasteiger partial charge in [0.05, 0.1) is 37.4 Å². The first-order valence-electron chi connectivity index (χ1n) is 13.1. The molecule has 1 aliphatic heterocycles. The summed E-state index contributed by atoms with van der Waals surface area (Å²) in [6.07, 6.45) is 7.55. The van der Waals surface area contributed by atoms with Crippen LogP contribution in [0.2, 0.25) is 0 Å². The molecule has 1 unspecified atom stereocenters. The van der Waals surface area contributed by atoms with Crippen LogP contribution in [0.15, 0.2) is 88.9 Å². The third kappa shape index (κ3) is 5.76. The number of esters is 2. The second-order valence-corrected chi connectivity index (χ2v) is 9.50. The summed E-state index contributed by atoms with van der Waals surface area (Å²) in [5.74, 6) is -2.99. The summed E-state index contributed by atoms with van der Waals surface area (Å²) in [5.41, 5.74) is 8.88. The summed E-state index contributed by atoms with van der Waals surface area (Å²) in [5, 5.41) is 13.1. The normalized spacial score (nSPS) is 17.1. The average molecular weight is 541 g/mol. The zero-order chi connectivity index (χ0) is 28.6. The number of nitrogens with zero attached hydrogens (tertiary/aromatic N) is 2. The monoisotopic (exact) mass is 540 g/mol. The van der Waals surface area contributed by atoms with Crippen molar-refractivity contribution in [2.45, 2.75) is 38.0 Å². The van der Waals surface area contributed by atoms with E-state index in [0.717, 1.165) is 19.3 Å². The van der Waals surface area contributed by atoms with Crippen molar-refractivity contribution in [2.75, 3.05) is 25.7 Å². The lowest BCUT2D eigenvalue weighted by Crippen LogP contribution is -2.40. The van der Waals surface area contributed by atoms with Crippen molar-refractivity contribution in [2.24, 2.45) is 5.73 Å². The van der Waals surface area contributed by atoms with Gasteiger partial charge < -0.3 is 20.5 Å². The van der Waals surface area contributed by atoms with Gasteiger partial charge in [0.1, 0.15) is 11.5 Å². The molecule has 0 saturated carbocycles. The number of anilines is 1. The average Bonchev–Trinajstić information content (AvgIpc) is 3.00. The fourth-order valence-electron chi connectivity index (χ4n) is 5.14. The van der Waals surface area contributed by atoms with E-state index in [9.17, 15) is 19.6 Å². The number of benzene rings is 2. The molecule has 2 aliphatic rings. The molecule has 3 N–H and O–H groups in total. The Morgan fingerprint density at radius 3 is 2.45 bits per heavy atom. The zero-order valence-corrected chi connectivity index (χ0v) is 22.6. The number of carbonyl (C=O) groups is 3. The molecule has 9 nitrogen and oxygen atoms in total. The van der Waals surface area contributed by atoms with Crippen LogP contribution in [0.1, 0.15) is 53.9 Å². The minimum atomic E-state index is -0.968. The Hall–Kier alpha value is -4.84. The maximum Gasteiger partial charge on any atom is 0.355 e. The molecule has 1 heterocycles. The number of methoxy groups -OCH3 is 2. The minimum absolute atomic E-state index is 0.0508. The van der Waals surface area contributed by atoms with E-state index in [4.69, 9.17) is 15.2 Å². The van der Waals surface area contributed by atoms with Gasteiger partial charge in [0.25, 0.3) is 5.91 Å². The molecule has 2 aromatic carbocycles. The molecule has 9 heteroatoms. The highest BCUT2D eigenvalue weighted by molar-refractivity contribution is 6.06. The molecule has 0 aromatic heterocycles. The largest absolute Gasteiger partial charge is 0.466 e. The molecule has 0 fully saturated rings. The van der Waals surface area contributed by atoms with Crippen LogP contribution >= 0.6 is 0 Å². The second kappa shape index (κ2) is 12.8. The van der Waals surface area contributed by atoms with Crippen LogP contribution < -0.4 is 16.0 Å². The molecule has 0 saturated heterocycles. The Balaban J connectivity index is 1.76. The van der Waals surface area contributed by atoms with Crippen molar-refractivity contribution in [3.8, 4) is 6.07 Å². The van der Waals surface area contributed by atoms with Crippen molar-refractivity contribution in [1.82, 2.24) is 5.32 Å². The second-order valence-electron chi connectivity index (χ2n) is 9.50. The first-order chi connectivity index (χ1) is 19.4. The van der Waals surface area contributed by atoms with Gasteiger partial charge in [-0.25, -0.2) is 9.59 Å². The summed E-state index contributed by atoms with van der Waals surface area (Å²) >= 11 is 0. The molecule has 0 bridgehead atoms. The van der Waals surface area contributed by atoms with Crippen LogP contribution in [-0.4, -0.2) is 38.6 Å². The van der Waals surface area contributed by atoms with Crippen LogP contribution in [0, 0.1) is 11.3 Å². The number of hydrogen-bond acceptors (Lipinski definition) is 8. The number of nitrogens with two attached hydrogens (primary N) is 1. The van der Waals surface area contributed by atoms with Gasteiger partial charge in [-0.05, 0) is 55.9 Å². The molecule has 206 valence electrons. The quantitative estimate of drug-likeness (QED) is 0.376. The van der Waals surface area contributed by atoms with E-state index < -0.39 is 17.9 Å². The molecule has 1 atom stereocenters. The molecular weight excluding hydrogens is 508 g/mol. The van der Waals surface area contributed by atoms with E-state index in [1.165, 1.54) is 37.5 Å². The Bertz CT molecular complexity index is 1440. The highest BCUT2D eigenvalue weighted by atomic mass is 16.5. The van der Waals surface area contributed by atoms with E-state index in [2.05, 4.69) is 17.5 Å². The van der Waals surface area contributed by atoms with Gasteiger partial charge >= 0.3 is 11.9 Å². The molecular formula is C31H32N4O5. The van der Waals surface area contributed by atoms with Crippen molar-refractivity contribution < 1.29 is 23.9 Å². The predicted molar refractivity (Wildman–Crippen MR) is 149 cm³/mol. The molecule has 1 aliphatic carbocycles. The number of carbonyl (C=O) groups excluding carboxylic acids is 3. The van der Waals surface area contributed by atoms with Gasteiger partial charge in [0.2, 0.25) is 0 Å². The Kier molecular flexibility index (Phi) is 9.02. The van der Waals surface area contributed by atoms with Gasteiger partial charge in [0, 0.05) is 17.8 Å². The summed E-state index contributed by atoms with van der Waals surface area (Å²) in [7, 11) is 2.38. The van der Waals surface area contributed by atoms with Gasteiger partial charge in [-0.15, -0.1) is 0 Å². The highest BCUT2D eigenvalue weighted by Crippen LogP contribution is 2.43. The zero-order valence-electron chi connectivity index (χ0n) is 22.6. The Morgan fingerprint density at radius 1 is 1.05 bits per heavy atom. The number of ether oxygens (including phenoxy) is 2. The number of hydrogen-bond donors (Lipinski definition) is 2.